The van der Waals surface area contributed by atoms with Crippen molar-refractivity contribution in [2.24, 2.45) is 0 Å². The van der Waals surface area contributed by atoms with Gasteiger partial charge < -0.3 is 5.32 Å². The Bertz CT molecular complexity index is 656. The number of nitrogens with zero attached hydrogens (tertiary/aromatic N) is 2. The van der Waals surface area contributed by atoms with Crippen LogP contribution in [0.3, 0.4) is 0 Å². The van der Waals surface area contributed by atoms with Gasteiger partial charge in [0.25, 0.3) is 5.91 Å². The highest BCUT2D eigenvalue weighted by molar-refractivity contribution is 7.80. The second-order valence-electron chi connectivity index (χ2n) is 5.45. The van der Waals surface area contributed by atoms with E-state index in [4.69, 9.17) is 12.2 Å². The van der Waals surface area contributed by atoms with E-state index in [1.54, 1.807) is 10.9 Å². The molecule has 0 radical (unpaired) electrons. The van der Waals surface area contributed by atoms with E-state index in [0.717, 1.165) is 31.4 Å². The van der Waals surface area contributed by atoms with E-state index in [9.17, 15) is 4.79 Å². The molecule has 1 aromatic carbocycles. The lowest BCUT2D eigenvalue weighted by Gasteiger charge is -2.10. The Kier molecular flexibility index (Phi) is 7.22. The van der Waals surface area contributed by atoms with Gasteiger partial charge in [0.1, 0.15) is 0 Å². The minimum atomic E-state index is -0.271. The highest BCUT2D eigenvalue weighted by Crippen LogP contribution is 2.03. The van der Waals surface area contributed by atoms with E-state index in [-0.39, 0.29) is 5.91 Å². The first-order valence-electron chi connectivity index (χ1n) is 8.09. The third-order valence-electron chi connectivity index (χ3n) is 3.44. The van der Waals surface area contributed by atoms with Crippen molar-refractivity contribution in [1.82, 2.24) is 25.9 Å². The van der Waals surface area contributed by atoms with Gasteiger partial charge in [0.05, 0.1) is 18.3 Å². The first kappa shape index (κ1) is 17.9. The first-order valence-corrected chi connectivity index (χ1v) is 8.50. The third kappa shape index (κ3) is 6.00. The van der Waals surface area contributed by atoms with E-state index < -0.39 is 0 Å². The number of hydrogen-bond donors (Lipinski definition) is 3. The smallest absolute Gasteiger partial charge is 0.272 e. The Balaban J connectivity index is 1.76. The summed E-state index contributed by atoms with van der Waals surface area (Å²) in [5, 5.41) is 7.67. The van der Waals surface area contributed by atoms with Crippen LogP contribution in [-0.4, -0.2) is 27.3 Å². The van der Waals surface area contributed by atoms with Gasteiger partial charge in [-0.25, -0.2) is 0 Å². The number of rotatable bonds is 7. The molecule has 0 saturated carbocycles. The predicted octanol–water partition coefficient (Wildman–Crippen LogP) is 2.23. The van der Waals surface area contributed by atoms with Crippen molar-refractivity contribution in [2.75, 3.05) is 6.54 Å². The zero-order valence-electron chi connectivity index (χ0n) is 13.8. The Hall–Kier alpha value is -2.41. The van der Waals surface area contributed by atoms with Gasteiger partial charge in [0.2, 0.25) is 0 Å². The second kappa shape index (κ2) is 9.67. The normalized spacial score (nSPS) is 10.2. The summed E-state index contributed by atoms with van der Waals surface area (Å²) < 4.78 is 1.73. The molecule has 3 N–H and O–H groups in total. The molecule has 0 aliphatic heterocycles. The van der Waals surface area contributed by atoms with Gasteiger partial charge in [-0.1, -0.05) is 50.1 Å². The van der Waals surface area contributed by atoms with Crippen LogP contribution in [0.1, 0.15) is 42.1 Å². The number of unbranched alkanes of at least 4 members (excludes halogenated alkanes) is 2. The summed E-state index contributed by atoms with van der Waals surface area (Å²) in [5.74, 6) is -0.271. The number of nitrogens with one attached hydrogen (secondary N) is 3. The van der Waals surface area contributed by atoms with Gasteiger partial charge in [-0.2, -0.15) is 5.10 Å². The largest absolute Gasteiger partial charge is 0.361 e. The molecule has 2 aromatic rings. The number of hydrazine groups is 1. The number of carbonyl (C=O) groups is 1. The molecule has 0 aliphatic carbocycles. The summed E-state index contributed by atoms with van der Waals surface area (Å²) in [4.78, 5) is 12.1. The molecule has 0 fully saturated rings. The van der Waals surface area contributed by atoms with Crippen LogP contribution in [0.5, 0.6) is 0 Å². The van der Waals surface area contributed by atoms with Crippen LogP contribution in [0.2, 0.25) is 0 Å². The first-order chi connectivity index (χ1) is 11.7. The fourth-order valence-electron chi connectivity index (χ4n) is 2.14. The van der Waals surface area contributed by atoms with Crippen molar-refractivity contribution in [3.8, 4) is 0 Å². The zero-order valence-corrected chi connectivity index (χ0v) is 14.6. The molecule has 0 spiro atoms. The Labute approximate surface area is 147 Å². The molecule has 6 nitrogen and oxygen atoms in total. The Morgan fingerprint density at radius 1 is 1.21 bits per heavy atom. The fourth-order valence-corrected chi connectivity index (χ4v) is 2.30. The predicted molar refractivity (Wildman–Crippen MR) is 98.5 cm³/mol. The highest BCUT2D eigenvalue weighted by atomic mass is 32.1. The number of thiocarbonyl (C=S) groups is 1. The summed E-state index contributed by atoms with van der Waals surface area (Å²) in [6.45, 7) is 3.57. The van der Waals surface area contributed by atoms with Crippen LogP contribution in [0, 0.1) is 0 Å². The zero-order chi connectivity index (χ0) is 17.2. The van der Waals surface area contributed by atoms with Gasteiger partial charge in [0, 0.05) is 12.7 Å². The van der Waals surface area contributed by atoms with E-state index in [1.165, 1.54) is 6.20 Å². The van der Waals surface area contributed by atoms with E-state index in [0.29, 0.717) is 17.2 Å². The van der Waals surface area contributed by atoms with Gasteiger partial charge in [-0.15, -0.1) is 0 Å². The van der Waals surface area contributed by atoms with Crippen molar-refractivity contribution < 1.29 is 4.79 Å². The number of aromatic nitrogens is 2. The Morgan fingerprint density at radius 3 is 2.75 bits per heavy atom. The molecular formula is C17H23N5OS. The van der Waals surface area contributed by atoms with Crippen LogP contribution >= 0.6 is 12.2 Å². The lowest BCUT2D eigenvalue weighted by atomic mass is 10.2. The molecule has 128 valence electrons. The Morgan fingerprint density at radius 2 is 2.00 bits per heavy atom. The second-order valence-corrected chi connectivity index (χ2v) is 5.86. The third-order valence-corrected chi connectivity index (χ3v) is 3.68. The minimum Gasteiger partial charge on any atom is -0.361 e. The fraction of sp³-hybridized carbons (Fsp3) is 0.353. The van der Waals surface area contributed by atoms with Crippen molar-refractivity contribution in [3.05, 3.63) is 53.9 Å². The van der Waals surface area contributed by atoms with Gasteiger partial charge in [-0.05, 0) is 24.2 Å². The molecule has 2 rings (SSSR count). The van der Waals surface area contributed by atoms with Gasteiger partial charge >= 0.3 is 0 Å². The number of carbonyl (C=O) groups excluding carboxylic acids is 1. The lowest BCUT2D eigenvalue weighted by molar-refractivity contribution is 0.0943. The SMILES string of the molecule is CCCCCNC(=S)NNC(=O)c1cnn(Cc2ccccc2)c1. The van der Waals surface area contributed by atoms with Crippen molar-refractivity contribution in [3.63, 3.8) is 0 Å². The summed E-state index contributed by atoms with van der Waals surface area (Å²) in [5.41, 5.74) is 6.88. The lowest BCUT2D eigenvalue weighted by Crippen LogP contribution is -2.46. The van der Waals surface area contributed by atoms with Crippen LogP contribution in [0.4, 0.5) is 0 Å². The molecule has 0 atom stereocenters. The molecule has 1 amide bonds. The van der Waals surface area contributed by atoms with Crippen LogP contribution in [-0.2, 0) is 6.54 Å². The maximum Gasteiger partial charge on any atom is 0.272 e. The molecule has 7 heteroatoms. The number of benzene rings is 1. The van der Waals surface area contributed by atoms with E-state index in [2.05, 4.69) is 28.2 Å². The molecule has 24 heavy (non-hydrogen) atoms. The van der Waals surface area contributed by atoms with Crippen LogP contribution in [0.25, 0.3) is 0 Å². The monoisotopic (exact) mass is 345 g/mol. The van der Waals surface area contributed by atoms with Crippen LogP contribution < -0.4 is 16.2 Å². The summed E-state index contributed by atoms with van der Waals surface area (Å²) in [6.07, 6.45) is 6.62. The topological polar surface area (TPSA) is 71.0 Å². The summed E-state index contributed by atoms with van der Waals surface area (Å²) in [7, 11) is 0. The number of hydrogen-bond acceptors (Lipinski definition) is 3. The molecule has 0 unspecified atom stereocenters. The molecule has 0 saturated heterocycles. The highest BCUT2D eigenvalue weighted by Gasteiger charge is 2.09. The summed E-state index contributed by atoms with van der Waals surface area (Å²) >= 11 is 5.11. The van der Waals surface area contributed by atoms with Gasteiger partial charge in [-0.3, -0.25) is 20.3 Å². The average Bonchev–Trinajstić information content (AvgIpc) is 3.06. The molecule has 0 aliphatic rings. The molecule has 0 bridgehead atoms. The average molecular weight is 345 g/mol. The summed E-state index contributed by atoms with van der Waals surface area (Å²) in [6, 6.07) is 9.96. The standard InChI is InChI=1S/C17H23N5OS/c1-2-3-7-10-18-17(24)21-20-16(23)15-11-19-22(13-15)12-14-8-5-4-6-9-14/h4-6,8-9,11,13H,2-3,7,10,12H2,1H3,(H,20,23)(H2,18,21,24). The van der Waals surface area contributed by atoms with Gasteiger partial charge in [0.15, 0.2) is 5.11 Å². The van der Waals surface area contributed by atoms with Crippen molar-refractivity contribution in [2.45, 2.75) is 32.7 Å². The van der Waals surface area contributed by atoms with Crippen LogP contribution in [0.15, 0.2) is 42.7 Å². The minimum absolute atomic E-state index is 0.271. The maximum atomic E-state index is 12.1. The van der Waals surface area contributed by atoms with Crippen molar-refractivity contribution >= 4 is 23.2 Å². The molecule has 1 aromatic heterocycles. The molecule has 1 heterocycles. The van der Waals surface area contributed by atoms with E-state index in [1.807, 2.05) is 30.3 Å². The van der Waals surface area contributed by atoms with Crippen molar-refractivity contribution in [1.29, 1.82) is 0 Å². The number of amides is 1. The molecular weight excluding hydrogens is 322 g/mol. The quantitative estimate of drug-likeness (QED) is 0.408. The van der Waals surface area contributed by atoms with E-state index >= 15 is 0 Å². The maximum absolute atomic E-state index is 12.1.